The van der Waals surface area contributed by atoms with Gasteiger partial charge in [-0.3, -0.25) is 4.79 Å². The second-order valence-corrected chi connectivity index (χ2v) is 4.95. The highest BCUT2D eigenvalue weighted by molar-refractivity contribution is 5.94. The number of ether oxygens (including phenoxy) is 1. The summed E-state index contributed by atoms with van der Waals surface area (Å²) in [6.07, 6.45) is 6.44. The third-order valence-corrected chi connectivity index (χ3v) is 3.40. The molecule has 19 heavy (non-hydrogen) atoms. The van der Waals surface area contributed by atoms with E-state index in [1.54, 1.807) is 12.1 Å². The van der Waals surface area contributed by atoms with E-state index in [0.29, 0.717) is 24.8 Å². The van der Waals surface area contributed by atoms with Crippen LogP contribution in [0.4, 0.5) is 0 Å². The van der Waals surface area contributed by atoms with Crippen LogP contribution in [0.1, 0.15) is 42.5 Å². The van der Waals surface area contributed by atoms with Crippen molar-refractivity contribution in [2.45, 2.75) is 38.2 Å². The summed E-state index contributed by atoms with van der Waals surface area (Å²) in [6.45, 7) is 0.952. The molecule has 1 aromatic rings. The Morgan fingerprint density at radius 2 is 1.89 bits per heavy atom. The molecule has 0 atom stereocenters. The summed E-state index contributed by atoms with van der Waals surface area (Å²) in [6, 6.07) is 7.33. The number of nitrogens with two attached hydrogens (primary N) is 1. The maximum atomic E-state index is 11.7. The summed E-state index contributed by atoms with van der Waals surface area (Å²) in [5.74, 6) is 0.761. The molecule has 0 spiro atoms. The molecule has 3 N–H and O–H groups in total. The van der Waals surface area contributed by atoms with Crippen LogP contribution < -0.4 is 15.8 Å². The highest BCUT2D eigenvalue weighted by atomic mass is 16.5. The Bertz CT molecular complexity index is 397. The number of rotatable bonds is 5. The van der Waals surface area contributed by atoms with Gasteiger partial charge in [-0.25, -0.2) is 0 Å². The average molecular weight is 262 g/mol. The first kappa shape index (κ1) is 13.9. The first-order valence-corrected chi connectivity index (χ1v) is 7.04. The standard InChI is InChI=1S/C15H22N2O2/c16-10-11-17-15(18)12-6-8-14(9-7-12)19-13-4-2-1-3-5-13/h6-9,13H,1-5,10-11,16H2,(H,17,18). The van der Waals surface area contributed by atoms with Gasteiger partial charge in [0, 0.05) is 18.7 Å². The van der Waals surface area contributed by atoms with Crippen molar-refractivity contribution in [3.63, 3.8) is 0 Å². The van der Waals surface area contributed by atoms with Gasteiger partial charge in [0.15, 0.2) is 0 Å². The predicted octanol–water partition coefficient (Wildman–Crippen LogP) is 2.09. The van der Waals surface area contributed by atoms with Crippen LogP contribution in [0.15, 0.2) is 24.3 Å². The van der Waals surface area contributed by atoms with Crippen LogP contribution in [-0.4, -0.2) is 25.1 Å². The van der Waals surface area contributed by atoms with E-state index < -0.39 is 0 Å². The summed E-state index contributed by atoms with van der Waals surface area (Å²) in [4.78, 5) is 11.7. The fourth-order valence-corrected chi connectivity index (χ4v) is 2.35. The molecule has 1 amide bonds. The zero-order valence-electron chi connectivity index (χ0n) is 11.2. The average Bonchev–Trinajstić information content (AvgIpc) is 2.46. The fraction of sp³-hybridized carbons (Fsp3) is 0.533. The lowest BCUT2D eigenvalue weighted by Gasteiger charge is -2.23. The number of hydrogen-bond acceptors (Lipinski definition) is 3. The second-order valence-electron chi connectivity index (χ2n) is 4.95. The highest BCUT2D eigenvalue weighted by Crippen LogP contribution is 2.23. The minimum atomic E-state index is -0.0883. The molecule has 104 valence electrons. The summed E-state index contributed by atoms with van der Waals surface area (Å²) in [5.41, 5.74) is 5.99. The number of hydrogen-bond donors (Lipinski definition) is 2. The highest BCUT2D eigenvalue weighted by Gasteiger charge is 2.14. The van der Waals surface area contributed by atoms with Crippen molar-refractivity contribution in [3.05, 3.63) is 29.8 Å². The third kappa shape index (κ3) is 4.24. The molecule has 2 rings (SSSR count). The molecule has 1 aliphatic rings. The van der Waals surface area contributed by atoms with Gasteiger partial charge in [-0.15, -0.1) is 0 Å². The molecule has 4 nitrogen and oxygen atoms in total. The molecule has 0 radical (unpaired) electrons. The number of benzene rings is 1. The van der Waals surface area contributed by atoms with E-state index in [1.165, 1.54) is 19.3 Å². The normalized spacial score (nSPS) is 16.1. The molecule has 4 heteroatoms. The summed E-state index contributed by atoms with van der Waals surface area (Å²) < 4.78 is 5.92. The van der Waals surface area contributed by atoms with Crippen LogP contribution in [0, 0.1) is 0 Å². The number of carbonyl (C=O) groups is 1. The van der Waals surface area contributed by atoms with E-state index in [-0.39, 0.29) is 5.91 Å². The number of amides is 1. The van der Waals surface area contributed by atoms with Gasteiger partial charge in [0.25, 0.3) is 5.91 Å². The molecule has 1 aromatic carbocycles. The monoisotopic (exact) mass is 262 g/mol. The van der Waals surface area contributed by atoms with Gasteiger partial charge in [-0.05, 0) is 49.9 Å². The zero-order chi connectivity index (χ0) is 13.5. The van der Waals surface area contributed by atoms with Crippen LogP contribution in [0.2, 0.25) is 0 Å². The largest absolute Gasteiger partial charge is 0.490 e. The molecular formula is C15H22N2O2. The molecule has 0 aromatic heterocycles. The first-order chi connectivity index (χ1) is 9.29. The summed E-state index contributed by atoms with van der Waals surface area (Å²) in [5, 5.41) is 2.74. The SMILES string of the molecule is NCCNC(=O)c1ccc(OC2CCCCC2)cc1. The van der Waals surface area contributed by atoms with Gasteiger partial charge in [0.1, 0.15) is 5.75 Å². The van der Waals surface area contributed by atoms with Gasteiger partial charge in [0.05, 0.1) is 6.10 Å². The lowest BCUT2D eigenvalue weighted by atomic mass is 9.98. The Balaban J connectivity index is 1.88. The van der Waals surface area contributed by atoms with Crippen LogP contribution in [0.5, 0.6) is 5.75 Å². The minimum Gasteiger partial charge on any atom is -0.490 e. The maximum absolute atomic E-state index is 11.7. The van der Waals surface area contributed by atoms with Crippen LogP contribution in [0.3, 0.4) is 0 Å². The van der Waals surface area contributed by atoms with E-state index in [4.69, 9.17) is 10.5 Å². The quantitative estimate of drug-likeness (QED) is 0.854. The van der Waals surface area contributed by atoms with Gasteiger partial charge in [-0.2, -0.15) is 0 Å². The molecule has 1 saturated carbocycles. The molecule has 0 unspecified atom stereocenters. The van der Waals surface area contributed by atoms with Gasteiger partial charge >= 0.3 is 0 Å². The topological polar surface area (TPSA) is 64.3 Å². The van der Waals surface area contributed by atoms with Gasteiger partial charge in [0.2, 0.25) is 0 Å². The Morgan fingerprint density at radius 1 is 1.21 bits per heavy atom. The molecule has 1 aliphatic carbocycles. The second kappa shape index (κ2) is 7.14. The lowest BCUT2D eigenvalue weighted by molar-refractivity contribution is 0.0954. The van der Waals surface area contributed by atoms with Crippen molar-refractivity contribution in [2.75, 3.05) is 13.1 Å². The lowest BCUT2D eigenvalue weighted by Crippen LogP contribution is -2.28. The Labute approximate surface area is 114 Å². The predicted molar refractivity (Wildman–Crippen MR) is 75.3 cm³/mol. The van der Waals surface area contributed by atoms with Crippen molar-refractivity contribution in [1.82, 2.24) is 5.32 Å². The molecular weight excluding hydrogens is 240 g/mol. The van der Waals surface area contributed by atoms with E-state index in [0.717, 1.165) is 18.6 Å². The van der Waals surface area contributed by atoms with Crippen LogP contribution >= 0.6 is 0 Å². The Morgan fingerprint density at radius 3 is 2.53 bits per heavy atom. The van der Waals surface area contributed by atoms with Crippen LogP contribution in [0.25, 0.3) is 0 Å². The number of carbonyl (C=O) groups excluding carboxylic acids is 1. The molecule has 0 saturated heterocycles. The molecule has 1 fully saturated rings. The van der Waals surface area contributed by atoms with Crippen LogP contribution in [-0.2, 0) is 0 Å². The minimum absolute atomic E-state index is 0.0883. The smallest absolute Gasteiger partial charge is 0.251 e. The zero-order valence-corrected chi connectivity index (χ0v) is 11.2. The Kier molecular flexibility index (Phi) is 5.21. The van der Waals surface area contributed by atoms with Crippen molar-refractivity contribution in [2.24, 2.45) is 5.73 Å². The van der Waals surface area contributed by atoms with Gasteiger partial charge < -0.3 is 15.8 Å². The van der Waals surface area contributed by atoms with E-state index >= 15 is 0 Å². The van der Waals surface area contributed by atoms with Crippen molar-refractivity contribution < 1.29 is 9.53 Å². The molecule has 0 aliphatic heterocycles. The molecule has 0 heterocycles. The van der Waals surface area contributed by atoms with Crippen molar-refractivity contribution >= 4 is 5.91 Å². The van der Waals surface area contributed by atoms with E-state index in [1.807, 2.05) is 12.1 Å². The third-order valence-electron chi connectivity index (χ3n) is 3.40. The summed E-state index contributed by atoms with van der Waals surface area (Å²) >= 11 is 0. The molecule has 0 bridgehead atoms. The Hall–Kier alpha value is -1.55. The maximum Gasteiger partial charge on any atom is 0.251 e. The number of nitrogens with one attached hydrogen (secondary N) is 1. The first-order valence-electron chi connectivity index (χ1n) is 7.04. The van der Waals surface area contributed by atoms with Crippen molar-refractivity contribution in [3.8, 4) is 5.75 Å². The fourth-order valence-electron chi connectivity index (χ4n) is 2.35. The van der Waals surface area contributed by atoms with E-state index in [2.05, 4.69) is 5.32 Å². The van der Waals surface area contributed by atoms with Crippen molar-refractivity contribution in [1.29, 1.82) is 0 Å². The summed E-state index contributed by atoms with van der Waals surface area (Å²) in [7, 11) is 0. The van der Waals surface area contributed by atoms with Gasteiger partial charge in [-0.1, -0.05) is 6.42 Å². The van der Waals surface area contributed by atoms with E-state index in [9.17, 15) is 4.79 Å².